The molecule has 1 aliphatic rings. The Morgan fingerprint density at radius 1 is 1.50 bits per heavy atom. The molecule has 2 N–H and O–H groups in total. The van der Waals surface area contributed by atoms with Crippen LogP contribution in [0.1, 0.15) is 44.5 Å². The van der Waals surface area contributed by atoms with Crippen LogP contribution in [0, 0.1) is 0 Å². The number of rotatable bonds is 3. The van der Waals surface area contributed by atoms with Gasteiger partial charge in [-0.15, -0.1) is 11.3 Å². The van der Waals surface area contributed by atoms with Crippen molar-refractivity contribution in [2.75, 3.05) is 6.54 Å². The lowest BCUT2D eigenvalue weighted by Gasteiger charge is -2.26. The van der Waals surface area contributed by atoms with Crippen LogP contribution in [-0.2, 0) is 10.3 Å². The Balaban J connectivity index is 1.97. The first kappa shape index (κ1) is 13.5. The number of amides is 1. The first-order valence-electron chi connectivity index (χ1n) is 6.55. The molecule has 0 saturated carbocycles. The third-order valence-electron chi connectivity index (χ3n) is 3.28. The SMILES string of the molecule is CC(C)(NC(=O)C1CCCCCN1)c1nccs1. The average Bonchev–Trinajstić information content (AvgIpc) is 2.72. The highest BCUT2D eigenvalue weighted by Crippen LogP contribution is 2.22. The van der Waals surface area contributed by atoms with Gasteiger partial charge in [0.05, 0.1) is 11.6 Å². The Morgan fingerprint density at radius 2 is 2.33 bits per heavy atom. The van der Waals surface area contributed by atoms with E-state index in [-0.39, 0.29) is 17.5 Å². The predicted octanol–water partition coefficient (Wildman–Crippen LogP) is 2.03. The number of hydrogen-bond donors (Lipinski definition) is 2. The van der Waals surface area contributed by atoms with E-state index < -0.39 is 0 Å². The lowest BCUT2D eigenvalue weighted by molar-refractivity contribution is -0.125. The van der Waals surface area contributed by atoms with Crippen molar-refractivity contribution in [3.63, 3.8) is 0 Å². The maximum atomic E-state index is 12.3. The van der Waals surface area contributed by atoms with Crippen LogP contribution in [0.25, 0.3) is 0 Å². The highest BCUT2D eigenvalue weighted by Gasteiger charge is 2.29. The van der Waals surface area contributed by atoms with Gasteiger partial charge in [-0.05, 0) is 33.2 Å². The number of hydrogen-bond acceptors (Lipinski definition) is 4. The van der Waals surface area contributed by atoms with Gasteiger partial charge in [-0.2, -0.15) is 0 Å². The summed E-state index contributed by atoms with van der Waals surface area (Å²) in [5.74, 6) is 0.0945. The molecule has 0 radical (unpaired) electrons. The average molecular weight is 267 g/mol. The van der Waals surface area contributed by atoms with Gasteiger partial charge in [0, 0.05) is 11.6 Å². The lowest BCUT2D eigenvalue weighted by Crippen LogP contribution is -2.50. The van der Waals surface area contributed by atoms with Gasteiger partial charge in [-0.1, -0.05) is 12.8 Å². The van der Waals surface area contributed by atoms with Crippen LogP contribution < -0.4 is 10.6 Å². The molecule has 1 aromatic heterocycles. The van der Waals surface area contributed by atoms with Crippen LogP contribution >= 0.6 is 11.3 Å². The van der Waals surface area contributed by atoms with Gasteiger partial charge in [0.25, 0.3) is 0 Å². The molecule has 0 bridgehead atoms. The number of nitrogens with one attached hydrogen (secondary N) is 2. The summed E-state index contributed by atoms with van der Waals surface area (Å²) in [5.41, 5.74) is -0.390. The Hall–Kier alpha value is -0.940. The first-order valence-corrected chi connectivity index (χ1v) is 7.43. The van der Waals surface area contributed by atoms with Crippen molar-refractivity contribution in [2.45, 2.75) is 51.1 Å². The molecule has 1 saturated heterocycles. The van der Waals surface area contributed by atoms with Crippen LogP contribution in [0.5, 0.6) is 0 Å². The number of aromatic nitrogens is 1. The van der Waals surface area contributed by atoms with Gasteiger partial charge in [0.2, 0.25) is 5.91 Å². The molecular formula is C13H21N3OS. The Bertz CT molecular complexity index is 381. The second kappa shape index (κ2) is 5.80. The summed E-state index contributed by atoms with van der Waals surface area (Å²) in [4.78, 5) is 16.6. The van der Waals surface area contributed by atoms with Gasteiger partial charge in [0.1, 0.15) is 5.01 Å². The molecule has 5 heteroatoms. The predicted molar refractivity (Wildman–Crippen MR) is 73.5 cm³/mol. The van der Waals surface area contributed by atoms with Gasteiger partial charge in [-0.3, -0.25) is 4.79 Å². The maximum absolute atomic E-state index is 12.3. The second-order valence-electron chi connectivity index (χ2n) is 5.31. The van der Waals surface area contributed by atoms with E-state index in [4.69, 9.17) is 0 Å². The summed E-state index contributed by atoms with van der Waals surface area (Å²) in [7, 11) is 0. The fourth-order valence-electron chi connectivity index (χ4n) is 2.23. The van der Waals surface area contributed by atoms with Crippen molar-refractivity contribution in [1.29, 1.82) is 0 Å². The minimum Gasteiger partial charge on any atom is -0.343 e. The molecule has 1 amide bonds. The zero-order valence-corrected chi connectivity index (χ0v) is 11.8. The minimum absolute atomic E-state index is 0.0493. The summed E-state index contributed by atoms with van der Waals surface area (Å²) in [6.07, 6.45) is 6.21. The standard InChI is InChI=1S/C13H21N3OS/c1-13(2,12-15-8-9-18-12)16-11(17)10-6-4-3-5-7-14-10/h8-10,14H,3-7H2,1-2H3,(H,16,17). The largest absolute Gasteiger partial charge is 0.343 e. The van der Waals surface area contributed by atoms with E-state index in [0.29, 0.717) is 0 Å². The smallest absolute Gasteiger partial charge is 0.237 e. The summed E-state index contributed by atoms with van der Waals surface area (Å²) < 4.78 is 0. The Kier molecular flexibility index (Phi) is 4.35. The molecule has 2 heterocycles. The van der Waals surface area contributed by atoms with E-state index in [0.717, 1.165) is 24.4 Å². The van der Waals surface area contributed by atoms with Crippen LogP contribution in [0.4, 0.5) is 0 Å². The van der Waals surface area contributed by atoms with Crippen LogP contribution in [0.15, 0.2) is 11.6 Å². The second-order valence-corrected chi connectivity index (χ2v) is 6.20. The van der Waals surface area contributed by atoms with Gasteiger partial charge < -0.3 is 10.6 Å². The van der Waals surface area contributed by atoms with Gasteiger partial charge >= 0.3 is 0 Å². The number of nitrogens with zero attached hydrogens (tertiary/aromatic N) is 1. The summed E-state index contributed by atoms with van der Waals surface area (Å²) in [5, 5.41) is 9.31. The minimum atomic E-state index is -0.390. The van der Waals surface area contributed by atoms with E-state index in [1.54, 1.807) is 17.5 Å². The molecule has 1 aliphatic heterocycles. The number of carbonyl (C=O) groups is 1. The summed E-state index contributed by atoms with van der Waals surface area (Å²) in [6, 6.07) is -0.0493. The first-order chi connectivity index (χ1) is 8.59. The van der Waals surface area contributed by atoms with Crippen LogP contribution in [0.2, 0.25) is 0 Å². The van der Waals surface area contributed by atoms with E-state index >= 15 is 0 Å². The molecule has 1 unspecified atom stereocenters. The molecule has 1 atom stereocenters. The van der Waals surface area contributed by atoms with Gasteiger partial charge in [-0.25, -0.2) is 4.98 Å². The van der Waals surface area contributed by atoms with E-state index in [2.05, 4.69) is 15.6 Å². The molecule has 0 aliphatic carbocycles. The summed E-state index contributed by atoms with van der Waals surface area (Å²) in [6.45, 7) is 4.94. The zero-order chi connectivity index (χ0) is 13.0. The molecule has 2 rings (SSSR count). The van der Waals surface area contributed by atoms with Crippen molar-refractivity contribution >= 4 is 17.2 Å². The van der Waals surface area contributed by atoms with Crippen molar-refractivity contribution in [3.8, 4) is 0 Å². The molecule has 1 fully saturated rings. The van der Waals surface area contributed by atoms with E-state index in [1.807, 2.05) is 19.2 Å². The normalized spacial score (nSPS) is 21.3. The molecular weight excluding hydrogens is 246 g/mol. The quantitative estimate of drug-likeness (QED) is 0.881. The molecule has 0 spiro atoms. The highest BCUT2D eigenvalue weighted by molar-refractivity contribution is 7.09. The van der Waals surface area contributed by atoms with E-state index in [9.17, 15) is 4.79 Å². The topological polar surface area (TPSA) is 54.0 Å². The molecule has 4 nitrogen and oxygen atoms in total. The fraction of sp³-hybridized carbons (Fsp3) is 0.692. The van der Waals surface area contributed by atoms with Crippen LogP contribution in [-0.4, -0.2) is 23.5 Å². The fourth-order valence-corrected chi connectivity index (χ4v) is 2.95. The molecule has 1 aromatic rings. The molecule has 0 aromatic carbocycles. The van der Waals surface area contributed by atoms with Crippen molar-refractivity contribution in [2.24, 2.45) is 0 Å². The van der Waals surface area contributed by atoms with Crippen molar-refractivity contribution in [3.05, 3.63) is 16.6 Å². The number of carbonyl (C=O) groups excluding carboxylic acids is 1. The molecule has 100 valence electrons. The Labute approximate surface area is 112 Å². The third kappa shape index (κ3) is 3.29. The zero-order valence-electron chi connectivity index (χ0n) is 11.0. The monoisotopic (exact) mass is 267 g/mol. The van der Waals surface area contributed by atoms with Gasteiger partial charge in [0.15, 0.2) is 0 Å². The number of thiazole rings is 1. The maximum Gasteiger partial charge on any atom is 0.237 e. The lowest BCUT2D eigenvalue weighted by atomic mass is 10.0. The van der Waals surface area contributed by atoms with E-state index in [1.165, 1.54) is 12.8 Å². The highest BCUT2D eigenvalue weighted by atomic mass is 32.1. The summed E-state index contributed by atoms with van der Waals surface area (Å²) >= 11 is 1.58. The molecule has 18 heavy (non-hydrogen) atoms. The third-order valence-corrected chi connectivity index (χ3v) is 4.38. The van der Waals surface area contributed by atoms with Crippen molar-refractivity contribution in [1.82, 2.24) is 15.6 Å². The van der Waals surface area contributed by atoms with Crippen molar-refractivity contribution < 1.29 is 4.79 Å². The van der Waals surface area contributed by atoms with Crippen LogP contribution in [0.3, 0.4) is 0 Å². The Morgan fingerprint density at radius 3 is 3.06 bits per heavy atom.